The molecule has 0 amide bonds. The molecule has 0 unspecified atom stereocenters. The van der Waals surface area contributed by atoms with Gasteiger partial charge in [-0.15, -0.1) is 22.7 Å². The van der Waals surface area contributed by atoms with Gasteiger partial charge in [0, 0.05) is 59.0 Å². The second-order valence-corrected chi connectivity index (χ2v) is 10.2. The van der Waals surface area contributed by atoms with Gasteiger partial charge in [0.2, 0.25) is 0 Å². The van der Waals surface area contributed by atoms with Gasteiger partial charge in [-0.3, -0.25) is 4.98 Å². The Labute approximate surface area is 197 Å². The summed E-state index contributed by atoms with van der Waals surface area (Å²) in [5, 5.41) is 4.81. The maximum Gasteiger partial charge on any atom is 0.0719 e. The lowest BCUT2D eigenvalue weighted by molar-refractivity contribution is 0.644. The molecule has 0 fully saturated rings. The highest BCUT2D eigenvalue weighted by Crippen LogP contribution is 2.48. The van der Waals surface area contributed by atoms with Gasteiger partial charge in [0.1, 0.15) is 0 Å². The number of rotatable bonds is 3. The van der Waals surface area contributed by atoms with Gasteiger partial charge in [0.25, 0.3) is 0 Å². The molecule has 3 heteroatoms. The number of aromatic nitrogens is 1. The van der Waals surface area contributed by atoms with E-state index in [4.69, 9.17) is 6.85 Å². The minimum atomic E-state index is -2.45. The average Bonchev–Trinajstić information content (AvgIpc) is 3.40. The smallest absolute Gasteiger partial charge is 0.0719 e. The van der Waals surface area contributed by atoms with E-state index in [-0.39, 0.29) is 11.1 Å². The minimum absolute atomic E-state index is 0.0273. The van der Waals surface area contributed by atoms with E-state index >= 15 is 0 Å². The van der Waals surface area contributed by atoms with Crippen LogP contribution in [0.1, 0.15) is 31.8 Å². The molecule has 0 spiro atoms. The molecular weight excluding hydrogens is 414 g/mol. The molecule has 1 nitrogen and oxygen atoms in total. The summed E-state index contributed by atoms with van der Waals surface area (Å²) in [6.45, 7) is 1.10. The third kappa shape index (κ3) is 2.99. The highest BCUT2D eigenvalue weighted by Gasteiger charge is 2.19. The second kappa shape index (κ2) is 7.15. The van der Waals surface area contributed by atoms with Gasteiger partial charge in [-0.2, -0.15) is 0 Å². The molecule has 0 bridgehead atoms. The number of fused-ring (bicyclic) bond motifs is 7. The van der Waals surface area contributed by atoms with Crippen molar-refractivity contribution in [2.24, 2.45) is 5.92 Å². The van der Waals surface area contributed by atoms with Crippen LogP contribution in [0.5, 0.6) is 0 Å². The predicted molar refractivity (Wildman–Crippen MR) is 139 cm³/mol. The number of nitrogens with zero attached hydrogens (tertiary/aromatic N) is 1. The summed E-state index contributed by atoms with van der Waals surface area (Å²) in [7, 11) is 0. The van der Waals surface area contributed by atoms with E-state index in [1.54, 1.807) is 42.6 Å². The van der Waals surface area contributed by atoms with Gasteiger partial charge in [0.15, 0.2) is 0 Å². The van der Waals surface area contributed by atoms with Gasteiger partial charge >= 0.3 is 0 Å². The van der Waals surface area contributed by atoms with Crippen molar-refractivity contribution in [1.29, 1.82) is 0 Å². The Balaban J connectivity index is 1.74. The first-order chi connectivity index (χ1) is 17.1. The van der Waals surface area contributed by atoms with Crippen LogP contribution in [0.3, 0.4) is 0 Å². The fourth-order valence-corrected chi connectivity index (χ4v) is 6.72. The SMILES string of the molecule is [2H]C([2H])([2H])c1cnc(-c2cc3sc4ccccc4c3c3c2sc2ccccc23)cc1C([2H])([2H])C(C)C. The number of hydrogen-bond acceptors (Lipinski definition) is 3. The first-order valence-corrected chi connectivity index (χ1v) is 12.0. The summed E-state index contributed by atoms with van der Waals surface area (Å²) in [5.41, 5.74) is 1.66. The van der Waals surface area contributed by atoms with Crippen molar-refractivity contribution < 1.29 is 6.85 Å². The molecule has 3 aromatic heterocycles. The van der Waals surface area contributed by atoms with Crippen LogP contribution in [-0.2, 0) is 6.37 Å². The first-order valence-electron chi connectivity index (χ1n) is 12.8. The number of hydrogen-bond donors (Lipinski definition) is 0. The maximum atomic E-state index is 8.75. The summed E-state index contributed by atoms with van der Waals surface area (Å²) in [6, 6.07) is 20.6. The monoisotopic (exact) mass is 442 g/mol. The van der Waals surface area contributed by atoms with E-state index in [9.17, 15) is 0 Å². The summed E-state index contributed by atoms with van der Waals surface area (Å²) < 4.78 is 46.1. The number of aryl methyl sites for hydroxylation is 1. The van der Waals surface area contributed by atoms with Crippen LogP contribution in [-0.4, -0.2) is 4.98 Å². The van der Waals surface area contributed by atoms with Gasteiger partial charge in [-0.25, -0.2) is 0 Å². The molecule has 0 aliphatic carbocycles. The van der Waals surface area contributed by atoms with Crippen LogP contribution in [0.2, 0.25) is 0 Å². The summed E-state index contributed by atoms with van der Waals surface area (Å²) in [6.07, 6.45) is -0.464. The van der Waals surface area contributed by atoms with Crippen LogP contribution < -0.4 is 0 Å². The van der Waals surface area contributed by atoms with Crippen LogP contribution in [0.25, 0.3) is 51.6 Å². The fraction of sp³-hybridized carbons (Fsp3) is 0.179. The lowest BCUT2D eigenvalue weighted by Gasteiger charge is -2.11. The highest BCUT2D eigenvalue weighted by atomic mass is 32.1. The molecular formula is C28H23NS2. The van der Waals surface area contributed by atoms with Crippen molar-refractivity contribution >= 4 is 63.0 Å². The lowest BCUT2D eigenvalue weighted by atomic mass is 9.96. The maximum absolute atomic E-state index is 8.75. The Morgan fingerprint density at radius 2 is 1.61 bits per heavy atom. The van der Waals surface area contributed by atoms with Crippen LogP contribution in [0.15, 0.2) is 66.9 Å². The summed E-state index contributed by atoms with van der Waals surface area (Å²) in [4.78, 5) is 4.61. The van der Waals surface area contributed by atoms with E-state index in [1.165, 1.54) is 37.1 Å². The predicted octanol–water partition coefficient (Wildman–Crippen LogP) is 8.99. The molecule has 3 aromatic carbocycles. The van der Waals surface area contributed by atoms with Crippen molar-refractivity contribution in [2.45, 2.75) is 27.1 Å². The highest BCUT2D eigenvalue weighted by molar-refractivity contribution is 7.28. The normalized spacial score (nSPS) is 15.4. The van der Waals surface area contributed by atoms with E-state index in [0.29, 0.717) is 5.69 Å². The molecule has 0 radical (unpaired) electrons. The van der Waals surface area contributed by atoms with Crippen molar-refractivity contribution in [1.82, 2.24) is 4.98 Å². The van der Waals surface area contributed by atoms with Crippen molar-refractivity contribution in [2.75, 3.05) is 0 Å². The first kappa shape index (κ1) is 14.3. The van der Waals surface area contributed by atoms with E-state index in [1.807, 2.05) is 6.07 Å². The molecule has 0 saturated carbocycles. The quantitative estimate of drug-likeness (QED) is 0.266. The van der Waals surface area contributed by atoms with Gasteiger partial charge in [-0.05, 0) is 54.5 Å². The van der Waals surface area contributed by atoms with E-state index < -0.39 is 19.1 Å². The Bertz CT molecular complexity index is 1790. The molecule has 3 heterocycles. The lowest BCUT2D eigenvalue weighted by Crippen LogP contribution is -1.99. The van der Waals surface area contributed by atoms with Crippen LogP contribution >= 0.6 is 22.7 Å². The molecule has 0 saturated heterocycles. The Morgan fingerprint density at radius 1 is 0.903 bits per heavy atom. The van der Waals surface area contributed by atoms with E-state index in [0.717, 1.165) is 15.0 Å². The number of benzene rings is 3. The van der Waals surface area contributed by atoms with Gasteiger partial charge < -0.3 is 0 Å². The van der Waals surface area contributed by atoms with Gasteiger partial charge in [-0.1, -0.05) is 50.2 Å². The fourth-order valence-electron chi connectivity index (χ4n) is 4.33. The standard InChI is InChI=1S/C28H23NS2/c1-16(2)12-18-13-22(29-15-17(18)3)21-14-25-26(19-8-4-6-10-23(19)30-25)27-20-9-5-7-11-24(20)31-28(21)27/h4-11,13-16H,12H2,1-3H3/i3D3,12D2. The molecule has 6 rings (SSSR count). The van der Waals surface area contributed by atoms with Crippen LogP contribution in [0.4, 0.5) is 0 Å². The van der Waals surface area contributed by atoms with Gasteiger partial charge in [0.05, 0.1) is 5.69 Å². The Kier molecular flexibility index (Phi) is 3.31. The largest absolute Gasteiger partial charge is 0.256 e. The molecule has 6 aromatic rings. The second-order valence-electron chi connectivity index (χ2n) is 8.11. The van der Waals surface area contributed by atoms with Crippen molar-refractivity contribution in [3.05, 3.63) is 78.0 Å². The average molecular weight is 443 g/mol. The summed E-state index contributed by atoms with van der Waals surface area (Å²) >= 11 is 3.43. The third-order valence-electron chi connectivity index (χ3n) is 5.61. The third-order valence-corrected chi connectivity index (χ3v) is 7.93. The molecule has 152 valence electrons. The molecule has 0 aliphatic heterocycles. The Morgan fingerprint density at radius 3 is 2.35 bits per heavy atom. The topological polar surface area (TPSA) is 12.9 Å². The molecule has 0 N–H and O–H groups in total. The van der Waals surface area contributed by atoms with E-state index in [2.05, 4.69) is 53.5 Å². The van der Waals surface area contributed by atoms with Crippen molar-refractivity contribution in [3.63, 3.8) is 0 Å². The molecule has 31 heavy (non-hydrogen) atoms. The zero-order chi connectivity index (χ0) is 25.4. The number of pyridine rings is 1. The summed E-state index contributed by atoms with van der Waals surface area (Å²) in [5.74, 6) is -0.400. The minimum Gasteiger partial charge on any atom is -0.256 e. The molecule has 0 aliphatic rings. The van der Waals surface area contributed by atoms with Crippen LogP contribution in [0, 0.1) is 12.8 Å². The molecule has 0 atom stereocenters. The zero-order valence-electron chi connectivity index (χ0n) is 22.2. The van der Waals surface area contributed by atoms with Crippen molar-refractivity contribution in [3.8, 4) is 11.3 Å². The zero-order valence-corrected chi connectivity index (χ0v) is 18.8. The number of thiophene rings is 2. The Hall–Kier alpha value is -2.75.